The summed E-state index contributed by atoms with van der Waals surface area (Å²) < 4.78 is 75.9. The van der Waals surface area contributed by atoms with Crippen molar-refractivity contribution >= 4 is 11.8 Å². The molecule has 0 saturated carbocycles. The smallest absolute Gasteiger partial charge is 0.217 e. The highest BCUT2D eigenvalue weighted by molar-refractivity contribution is 5.73. The van der Waals surface area contributed by atoms with E-state index in [4.69, 9.17) is 61.6 Å². The topological polar surface area (TPSA) is 583 Å². The van der Waals surface area contributed by atoms with Crippen LogP contribution in [0.5, 0.6) is 0 Å². The summed E-state index contributed by atoms with van der Waals surface area (Å²) in [5.74, 6) is -1.81. The molecule has 0 aromatic heterocycles. The Hall–Kier alpha value is -2.38. The van der Waals surface area contributed by atoms with Gasteiger partial charge in [-0.1, -0.05) is 0 Å². The maximum Gasteiger partial charge on any atom is 0.217 e. The predicted octanol–water partition coefficient (Wildman–Crippen LogP) is -15.0. The van der Waals surface area contributed by atoms with Crippen LogP contribution in [-0.4, -0.2) is 368 Å². The number of nitrogens with one attached hydrogen (secondary N) is 2. The third-order valence-electron chi connectivity index (χ3n) is 15.3. The lowest BCUT2D eigenvalue weighted by molar-refractivity contribution is -0.396. The zero-order valence-electron chi connectivity index (χ0n) is 44.5. The molecule has 2 amide bonds. The molecule has 0 bridgehead atoms. The monoisotopic (exact) mass is 1220 g/mol. The van der Waals surface area contributed by atoms with Gasteiger partial charge in [0, 0.05) is 13.8 Å². The molecule has 7 saturated heterocycles. The van der Waals surface area contributed by atoms with Crippen molar-refractivity contribution in [3.63, 3.8) is 0 Å². The van der Waals surface area contributed by atoms with Gasteiger partial charge in [0.15, 0.2) is 44.0 Å². The Labute approximate surface area is 470 Å². The van der Waals surface area contributed by atoms with Crippen LogP contribution in [0.4, 0.5) is 0 Å². The van der Waals surface area contributed by atoms with Crippen LogP contribution in [0.25, 0.3) is 0 Å². The number of amides is 2. The Bertz CT molecular complexity index is 2040. The van der Waals surface area contributed by atoms with Crippen molar-refractivity contribution < 1.29 is 173 Å². The van der Waals surface area contributed by atoms with Gasteiger partial charge in [-0.2, -0.15) is 0 Å². The fourth-order valence-corrected chi connectivity index (χ4v) is 10.7. The summed E-state index contributed by atoms with van der Waals surface area (Å²) >= 11 is 0. The highest BCUT2D eigenvalue weighted by atomic mass is 16.8. The van der Waals surface area contributed by atoms with Crippen LogP contribution >= 0.6 is 0 Å². The van der Waals surface area contributed by atoms with E-state index in [1.807, 2.05) is 0 Å². The third kappa shape index (κ3) is 14.5. The quantitative estimate of drug-likeness (QED) is 0.0538. The van der Waals surface area contributed by atoms with E-state index in [0.717, 1.165) is 13.8 Å². The van der Waals surface area contributed by atoms with E-state index >= 15 is 0 Å². The molecule has 7 rings (SSSR count). The summed E-state index contributed by atoms with van der Waals surface area (Å²) in [6.45, 7) is -2.97. The van der Waals surface area contributed by atoms with Crippen LogP contribution in [0.2, 0.25) is 0 Å². The summed E-state index contributed by atoms with van der Waals surface area (Å²) in [4.78, 5) is 26.0. The van der Waals surface area contributed by atoms with Gasteiger partial charge in [-0.15, -0.1) is 0 Å². The summed E-state index contributed by atoms with van der Waals surface area (Å²) in [6.07, 6.45) is -64.6. The van der Waals surface area contributed by atoms with Crippen molar-refractivity contribution in [1.82, 2.24) is 10.6 Å². The van der Waals surface area contributed by atoms with Crippen molar-refractivity contribution in [3.05, 3.63) is 0 Å². The van der Waals surface area contributed by atoms with Crippen LogP contribution in [0.1, 0.15) is 20.8 Å². The zero-order valence-corrected chi connectivity index (χ0v) is 44.5. The van der Waals surface area contributed by atoms with Gasteiger partial charge < -0.3 is 174 Å². The van der Waals surface area contributed by atoms with Gasteiger partial charge in [0.1, 0.15) is 165 Å². The molecule has 7 heterocycles. The van der Waals surface area contributed by atoms with E-state index in [-0.39, 0.29) is 0 Å². The second kappa shape index (κ2) is 29.3. The maximum absolute atomic E-state index is 13.2. The van der Waals surface area contributed by atoms with Crippen molar-refractivity contribution in [2.24, 2.45) is 0 Å². The molecule has 0 radical (unpaired) electrons. The van der Waals surface area contributed by atoms with Crippen molar-refractivity contribution in [2.45, 2.75) is 236 Å². The Balaban J connectivity index is 1.22. The molecular weight excluding hydrogens is 1140 g/mol. The molecule has 1 unspecified atom stereocenters. The first-order chi connectivity index (χ1) is 39.2. The summed E-state index contributed by atoms with van der Waals surface area (Å²) in [6, 6.07) is -3.71. The van der Waals surface area contributed by atoms with Crippen LogP contribution in [-0.2, 0) is 71.2 Å². The maximum atomic E-state index is 13.2. The second-order valence-electron chi connectivity index (χ2n) is 21.0. The molecule has 37 heteroatoms. The highest BCUT2D eigenvalue weighted by Gasteiger charge is 2.60. The number of carbonyl (C=O) groups excluding carboxylic acids is 2. The van der Waals surface area contributed by atoms with Crippen LogP contribution in [0.15, 0.2) is 0 Å². The summed E-state index contributed by atoms with van der Waals surface area (Å²) in [5.41, 5.74) is 0. The van der Waals surface area contributed by atoms with E-state index in [0.29, 0.717) is 0 Å². The first kappa shape index (κ1) is 68.1. The van der Waals surface area contributed by atoms with Gasteiger partial charge in [0.05, 0.1) is 45.7 Å². The minimum absolute atomic E-state index is 0.875. The average Bonchev–Trinajstić information content (AvgIpc) is 3.48. The number of rotatable bonds is 20. The van der Waals surface area contributed by atoms with Gasteiger partial charge in [-0.05, 0) is 6.92 Å². The molecule has 7 aliphatic rings. The van der Waals surface area contributed by atoms with Crippen LogP contribution < -0.4 is 10.6 Å². The van der Waals surface area contributed by atoms with Crippen molar-refractivity contribution in [1.29, 1.82) is 0 Å². The van der Waals surface area contributed by atoms with Gasteiger partial charge in [0.25, 0.3) is 0 Å². The minimum Gasteiger partial charge on any atom is -0.394 e. The van der Waals surface area contributed by atoms with Crippen molar-refractivity contribution in [2.75, 3.05) is 39.6 Å². The van der Waals surface area contributed by atoms with E-state index in [9.17, 15) is 112 Å². The average molecular weight is 1220 g/mol. The van der Waals surface area contributed by atoms with E-state index in [2.05, 4.69) is 10.6 Å². The molecule has 0 aromatic rings. The molecule has 35 atom stereocenters. The fraction of sp³-hybridized carbons (Fsp3) is 0.957. The SMILES string of the molecule is CC(=O)N[C@H]1[C@H](O[C@H]2[C@@H](O)[C@@H](CO)O[C@@H](O[C@H]3[C@H](O)[C@@H](O)C(O)O[C@@H]3CO)[C@@H]2O)O[C@H](CO)[C@@H](O[C@@H]2O[C@H](CO)[C@H](O)[C@H](O[C@@H]3O[C@H](CO)[C@@H](O)[C@H](O[C@@H]4O[C@H](CO)[C@H](O)[C@H](O)[C@H]4O)[C@H]3NC(C)=O)[C@H]2O)[C@@H]1O[C@H]1O[C@H](C)[C@H](O)[C@H](O)[C@H]1O. The Kier molecular flexibility index (Phi) is 24.0. The largest absolute Gasteiger partial charge is 0.394 e. The number of carbonyl (C=O) groups is 2. The number of aliphatic hydroxyl groups is 20. The molecule has 0 aliphatic carbocycles. The number of hydrogen-bond acceptors (Lipinski definition) is 35. The van der Waals surface area contributed by atoms with E-state index < -0.39 is 266 Å². The highest BCUT2D eigenvalue weighted by Crippen LogP contribution is 2.39. The molecule has 0 spiro atoms. The van der Waals surface area contributed by atoms with Crippen LogP contribution in [0, 0.1) is 0 Å². The van der Waals surface area contributed by atoms with Crippen LogP contribution in [0.3, 0.4) is 0 Å². The number of ether oxygens (including phenoxy) is 13. The molecule has 482 valence electrons. The lowest BCUT2D eigenvalue weighted by Gasteiger charge is -2.52. The van der Waals surface area contributed by atoms with Gasteiger partial charge in [-0.3, -0.25) is 9.59 Å². The Morgan fingerprint density at radius 3 is 1.10 bits per heavy atom. The lowest BCUT2D eigenvalue weighted by Crippen LogP contribution is -2.72. The zero-order chi connectivity index (χ0) is 61.2. The molecule has 22 N–H and O–H groups in total. The summed E-state index contributed by atoms with van der Waals surface area (Å²) in [5, 5.41) is 221. The first-order valence-corrected chi connectivity index (χ1v) is 26.5. The van der Waals surface area contributed by atoms with E-state index in [1.54, 1.807) is 0 Å². The third-order valence-corrected chi connectivity index (χ3v) is 15.3. The molecular formula is C46H78N2O35. The predicted molar refractivity (Wildman–Crippen MR) is 254 cm³/mol. The molecule has 7 fully saturated rings. The second-order valence-corrected chi connectivity index (χ2v) is 21.0. The molecule has 0 aromatic carbocycles. The van der Waals surface area contributed by atoms with Gasteiger partial charge in [0.2, 0.25) is 11.8 Å². The molecule has 7 aliphatic heterocycles. The molecule has 37 nitrogen and oxygen atoms in total. The first-order valence-electron chi connectivity index (χ1n) is 26.5. The molecule has 83 heavy (non-hydrogen) atoms. The normalized spacial score (nSPS) is 50.8. The van der Waals surface area contributed by atoms with Gasteiger partial charge in [-0.25, -0.2) is 0 Å². The minimum atomic E-state index is -2.34. The Morgan fingerprint density at radius 2 is 0.639 bits per heavy atom. The van der Waals surface area contributed by atoms with E-state index in [1.165, 1.54) is 6.92 Å². The van der Waals surface area contributed by atoms with Gasteiger partial charge >= 0.3 is 0 Å². The lowest BCUT2D eigenvalue weighted by atomic mass is 9.93. The summed E-state index contributed by atoms with van der Waals surface area (Å²) in [7, 11) is 0. The fourth-order valence-electron chi connectivity index (χ4n) is 10.7. The standard InChI is InChI=1S/C46H78N2O35/c1-10-21(57)26(62)30(66)43(71-10)81-37-20(48-12(3)56)42(83-38-24(60)15(6-51)75-45(32(38)68)78-34-17(8-53)72-40(70)29(65)28(34)64)77-18(9-54)35(37)79-46-33(69)39(25(61)16(7-52)76-46)82-41-19(47-11(2)55)36(23(59)14(5-50)73-41)80-44-31(67)27(63)22(58)13(4-49)74-44/h10,13-46,49-54,57-70H,4-9H2,1-3H3,(H,47,55)(H,48,56)/t10-,13-,14-,15-,16-,17-,18-,19-,20-,21+,22+,23-,24+,25+,26+,27+,28-,29-,30-,31-,32-,33-,34-,35-,36-,37-,38+,39+,40?,41+,42+,43-,44+,45+,46+/m1/s1. The number of aliphatic hydroxyl groups excluding tert-OH is 20. The number of hydrogen-bond donors (Lipinski definition) is 22. The van der Waals surface area contributed by atoms with Crippen molar-refractivity contribution in [3.8, 4) is 0 Å². The Morgan fingerprint density at radius 1 is 0.313 bits per heavy atom.